The minimum atomic E-state index is -0.518. The SMILES string of the molecule is COC(=O)C[C@@H]1C[C@@H]2c3cc(NC(=O)C4CCOCC4)ccc3O[C@@H]2[C@@H](CO)O1. The van der Waals surface area contributed by atoms with Crippen LogP contribution in [-0.4, -0.2) is 62.2 Å². The maximum atomic E-state index is 12.6. The summed E-state index contributed by atoms with van der Waals surface area (Å²) in [6, 6.07) is 5.61. The molecule has 4 rings (SSSR count). The highest BCUT2D eigenvalue weighted by Crippen LogP contribution is 2.47. The van der Waals surface area contributed by atoms with Gasteiger partial charge in [0.2, 0.25) is 5.91 Å². The molecule has 29 heavy (non-hydrogen) atoms. The number of amides is 1. The van der Waals surface area contributed by atoms with E-state index in [-0.39, 0.29) is 48.9 Å². The number of carbonyl (C=O) groups is 2. The maximum absolute atomic E-state index is 12.6. The van der Waals surface area contributed by atoms with E-state index in [4.69, 9.17) is 18.9 Å². The monoisotopic (exact) mass is 405 g/mol. The zero-order valence-corrected chi connectivity index (χ0v) is 16.5. The molecule has 1 amide bonds. The number of fused-ring (bicyclic) bond motifs is 3. The van der Waals surface area contributed by atoms with E-state index < -0.39 is 6.10 Å². The van der Waals surface area contributed by atoms with E-state index >= 15 is 0 Å². The Morgan fingerprint density at radius 3 is 2.79 bits per heavy atom. The summed E-state index contributed by atoms with van der Waals surface area (Å²) in [5.41, 5.74) is 1.69. The second-order valence-corrected chi connectivity index (χ2v) is 7.81. The first-order valence-electron chi connectivity index (χ1n) is 10.1. The fourth-order valence-corrected chi connectivity index (χ4v) is 4.44. The Bertz CT molecular complexity index is 761. The highest BCUT2D eigenvalue weighted by Gasteiger charge is 2.46. The molecule has 1 aromatic carbocycles. The molecule has 2 N–H and O–H groups in total. The van der Waals surface area contributed by atoms with Crippen molar-refractivity contribution in [3.63, 3.8) is 0 Å². The third-order valence-electron chi connectivity index (χ3n) is 5.98. The van der Waals surface area contributed by atoms with Gasteiger partial charge < -0.3 is 29.4 Å². The predicted octanol–water partition coefficient (Wildman–Crippen LogP) is 1.61. The summed E-state index contributed by atoms with van der Waals surface area (Å²) < 4.78 is 22.0. The molecule has 1 aromatic rings. The molecule has 3 aliphatic heterocycles. The van der Waals surface area contributed by atoms with Crippen molar-refractivity contribution in [2.75, 3.05) is 32.2 Å². The highest BCUT2D eigenvalue weighted by atomic mass is 16.6. The Kier molecular flexibility index (Phi) is 6.03. The van der Waals surface area contributed by atoms with E-state index in [9.17, 15) is 14.7 Å². The number of hydrogen-bond acceptors (Lipinski definition) is 7. The molecule has 0 aliphatic carbocycles. The third kappa shape index (κ3) is 4.24. The standard InChI is InChI=1S/C21H27NO7/c1-26-19(24)10-14-9-16-15-8-13(22-21(25)12-4-6-27-7-5-12)2-3-17(15)29-20(16)18(11-23)28-14/h2-3,8,12,14,16,18,20,23H,4-7,9-11H2,1H3,(H,22,25)/t14-,16+,18+,20-/m0/s1. The summed E-state index contributed by atoms with van der Waals surface area (Å²) in [5, 5.41) is 12.8. The van der Waals surface area contributed by atoms with Crippen LogP contribution in [-0.2, 0) is 23.8 Å². The number of aliphatic hydroxyl groups is 1. The lowest BCUT2D eigenvalue weighted by molar-refractivity contribution is -0.156. The van der Waals surface area contributed by atoms with Crippen LogP contribution in [0.5, 0.6) is 5.75 Å². The summed E-state index contributed by atoms with van der Waals surface area (Å²) in [7, 11) is 1.35. The zero-order valence-electron chi connectivity index (χ0n) is 16.5. The summed E-state index contributed by atoms with van der Waals surface area (Å²) in [5.74, 6) is 0.330. The molecule has 3 aliphatic rings. The van der Waals surface area contributed by atoms with Crippen LogP contribution >= 0.6 is 0 Å². The van der Waals surface area contributed by atoms with Crippen LogP contribution in [0.1, 0.15) is 37.2 Å². The van der Waals surface area contributed by atoms with Gasteiger partial charge in [-0.2, -0.15) is 0 Å². The Morgan fingerprint density at radius 1 is 1.28 bits per heavy atom. The smallest absolute Gasteiger partial charge is 0.308 e. The molecule has 0 spiro atoms. The molecule has 8 nitrogen and oxygen atoms in total. The van der Waals surface area contributed by atoms with E-state index in [0.717, 1.165) is 29.8 Å². The molecule has 0 saturated carbocycles. The van der Waals surface area contributed by atoms with Crippen molar-refractivity contribution in [3.05, 3.63) is 23.8 Å². The minimum absolute atomic E-state index is 0.00694. The number of nitrogens with one attached hydrogen (secondary N) is 1. The summed E-state index contributed by atoms with van der Waals surface area (Å²) in [4.78, 5) is 24.2. The Hall–Kier alpha value is -2.16. The van der Waals surface area contributed by atoms with Gasteiger partial charge in [-0.15, -0.1) is 0 Å². The van der Waals surface area contributed by atoms with Crippen molar-refractivity contribution < 1.29 is 33.6 Å². The number of anilines is 1. The van der Waals surface area contributed by atoms with Gasteiger partial charge in [-0.3, -0.25) is 9.59 Å². The van der Waals surface area contributed by atoms with Crippen molar-refractivity contribution in [2.24, 2.45) is 5.92 Å². The van der Waals surface area contributed by atoms with Gasteiger partial charge in [0.25, 0.3) is 0 Å². The first kappa shape index (κ1) is 20.1. The van der Waals surface area contributed by atoms with E-state index in [1.165, 1.54) is 7.11 Å². The highest BCUT2D eigenvalue weighted by molar-refractivity contribution is 5.92. The summed E-state index contributed by atoms with van der Waals surface area (Å²) in [6.07, 6.45) is 0.995. The molecule has 158 valence electrons. The first-order valence-corrected chi connectivity index (χ1v) is 10.1. The molecule has 4 atom stereocenters. The van der Waals surface area contributed by atoms with Gasteiger partial charge in [0.05, 0.1) is 26.2 Å². The van der Waals surface area contributed by atoms with Crippen LogP contribution in [0.3, 0.4) is 0 Å². The molecule has 2 fully saturated rings. The lowest BCUT2D eigenvalue weighted by Crippen LogP contribution is -2.46. The van der Waals surface area contributed by atoms with Crippen LogP contribution in [0.2, 0.25) is 0 Å². The fourth-order valence-electron chi connectivity index (χ4n) is 4.44. The van der Waals surface area contributed by atoms with E-state index in [1.807, 2.05) is 18.2 Å². The normalized spacial score (nSPS) is 28.8. The molecule has 2 saturated heterocycles. The molecule has 8 heteroatoms. The third-order valence-corrected chi connectivity index (χ3v) is 5.98. The number of ether oxygens (including phenoxy) is 4. The molecule has 0 bridgehead atoms. The second-order valence-electron chi connectivity index (χ2n) is 7.81. The van der Waals surface area contributed by atoms with Crippen LogP contribution in [0.25, 0.3) is 0 Å². The summed E-state index contributed by atoms with van der Waals surface area (Å²) >= 11 is 0. The number of methoxy groups -OCH3 is 1. The Morgan fingerprint density at radius 2 is 2.07 bits per heavy atom. The van der Waals surface area contributed by atoms with Crippen molar-refractivity contribution in [1.29, 1.82) is 0 Å². The second kappa shape index (κ2) is 8.69. The van der Waals surface area contributed by atoms with Gasteiger partial charge in [-0.05, 0) is 37.5 Å². The van der Waals surface area contributed by atoms with E-state index in [0.29, 0.717) is 19.6 Å². The number of esters is 1. The van der Waals surface area contributed by atoms with Crippen molar-refractivity contribution in [2.45, 2.75) is 49.9 Å². The van der Waals surface area contributed by atoms with Crippen molar-refractivity contribution in [1.82, 2.24) is 0 Å². The molecular weight excluding hydrogens is 378 g/mol. The van der Waals surface area contributed by atoms with Gasteiger partial charge in [0.1, 0.15) is 18.0 Å². The average molecular weight is 405 g/mol. The first-order chi connectivity index (χ1) is 14.1. The van der Waals surface area contributed by atoms with Crippen LogP contribution < -0.4 is 10.1 Å². The van der Waals surface area contributed by atoms with Crippen molar-refractivity contribution >= 4 is 17.6 Å². The lowest BCUT2D eigenvalue weighted by Gasteiger charge is -2.36. The molecule has 0 radical (unpaired) electrons. The number of hydrogen-bond donors (Lipinski definition) is 2. The van der Waals surface area contributed by atoms with Gasteiger partial charge in [0, 0.05) is 36.3 Å². The number of benzene rings is 1. The van der Waals surface area contributed by atoms with Crippen LogP contribution in [0.15, 0.2) is 18.2 Å². The maximum Gasteiger partial charge on any atom is 0.308 e. The predicted molar refractivity (Wildman–Crippen MR) is 103 cm³/mol. The van der Waals surface area contributed by atoms with Crippen molar-refractivity contribution in [3.8, 4) is 5.75 Å². The Labute approximate surface area is 169 Å². The van der Waals surface area contributed by atoms with Crippen LogP contribution in [0.4, 0.5) is 5.69 Å². The fraction of sp³-hybridized carbons (Fsp3) is 0.619. The van der Waals surface area contributed by atoms with E-state index in [1.54, 1.807) is 0 Å². The lowest BCUT2D eigenvalue weighted by atomic mass is 9.84. The van der Waals surface area contributed by atoms with Gasteiger partial charge >= 0.3 is 5.97 Å². The van der Waals surface area contributed by atoms with Gasteiger partial charge in [-0.1, -0.05) is 0 Å². The average Bonchev–Trinajstić information content (AvgIpc) is 3.11. The topological polar surface area (TPSA) is 103 Å². The van der Waals surface area contributed by atoms with Crippen LogP contribution in [0, 0.1) is 5.92 Å². The Balaban J connectivity index is 1.50. The number of aliphatic hydroxyl groups excluding tert-OH is 1. The molecule has 3 heterocycles. The number of rotatable bonds is 5. The van der Waals surface area contributed by atoms with E-state index in [2.05, 4.69) is 5.32 Å². The van der Waals surface area contributed by atoms with Gasteiger partial charge in [-0.25, -0.2) is 0 Å². The van der Waals surface area contributed by atoms with Gasteiger partial charge in [0.15, 0.2) is 0 Å². The quantitative estimate of drug-likeness (QED) is 0.718. The zero-order chi connectivity index (χ0) is 20.4. The minimum Gasteiger partial charge on any atom is -0.487 e. The molecule has 0 unspecified atom stereocenters. The summed E-state index contributed by atoms with van der Waals surface area (Å²) in [6.45, 7) is 1.04. The number of carbonyl (C=O) groups excluding carboxylic acids is 2. The molecular formula is C21H27NO7. The largest absolute Gasteiger partial charge is 0.487 e. The molecule has 0 aromatic heterocycles.